The van der Waals surface area contributed by atoms with Gasteiger partial charge in [-0.1, -0.05) is 12.1 Å². The molecule has 36 heavy (non-hydrogen) atoms. The lowest BCUT2D eigenvalue weighted by Crippen LogP contribution is -2.30. The maximum atomic E-state index is 12.7. The highest BCUT2D eigenvalue weighted by Crippen LogP contribution is 2.29. The summed E-state index contributed by atoms with van der Waals surface area (Å²) in [4.78, 5) is 49.8. The average Bonchev–Trinajstić information content (AvgIpc) is 3.30. The lowest BCUT2D eigenvalue weighted by Gasteiger charge is -2.18. The zero-order valence-electron chi connectivity index (χ0n) is 19.7. The van der Waals surface area contributed by atoms with Gasteiger partial charge in [-0.2, -0.15) is 0 Å². The first-order valence-corrected chi connectivity index (χ1v) is 11.3. The second-order valence-electron chi connectivity index (χ2n) is 8.43. The minimum Gasteiger partial charge on any atom is -0.497 e. The maximum absolute atomic E-state index is 12.7. The van der Waals surface area contributed by atoms with Crippen LogP contribution in [0.1, 0.15) is 23.7 Å². The fourth-order valence-electron chi connectivity index (χ4n) is 4.04. The standard InChI is InChI=1S/C27H24N2O7/c1-17(26(31)20-7-13-24(35-2)14-8-20)36-27(32)21-15-25(30)28(16-21)22-9-3-18(4-10-22)19-5-11-23(12-6-19)29(33)34/h3-14,17,21H,15-16H2,1-2H3/t17-,21+/m0/s1. The van der Waals surface area contributed by atoms with Gasteiger partial charge in [-0.25, -0.2) is 0 Å². The van der Waals surface area contributed by atoms with Crippen molar-refractivity contribution < 1.29 is 28.8 Å². The van der Waals surface area contributed by atoms with Crippen LogP contribution in [0.2, 0.25) is 0 Å². The number of esters is 1. The Kier molecular flexibility index (Phi) is 7.10. The van der Waals surface area contributed by atoms with Gasteiger partial charge in [-0.15, -0.1) is 0 Å². The zero-order valence-corrected chi connectivity index (χ0v) is 19.7. The van der Waals surface area contributed by atoms with Crippen LogP contribution in [0, 0.1) is 16.0 Å². The van der Waals surface area contributed by atoms with E-state index in [9.17, 15) is 24.5 Å². The van der Waals surface area contributed by atoms with Crippen LogP contribution in [0.15, 0.2) is 72.8 Å². The van der Waals surface area contributed by atoms with E-state index in [1.807, 2.05) is 12.1 Å². The van der Waals surface area contributed by atoms with Gasteiger partial charge in [-0.3, -0.25) is 24.5 Å². The van der Waals surface area contributed by atoms with Crippen molar-refractivity contribution in [2.75, 3.05) is 18.6 Å². The first-order valence-electron chi connectivity index (χ1n) is 11.3. The number of rotatable bonds is 8. The van der Waals surface area contributed by atoms with Crippen molar-refractivity contribution in [1.29, 1.82) is 0 Å². The van der Waals surface area contributed by atoms with Crippen molar-refractivity contribution >= 4 is 29.0 Å². The number of non-ortho nitro benzene ring substituents is 1. The lowest BCUT2D eigenvalue weighted by atomic mass is 10.0. The number of Topliss-reactive ketones (excluding diaryl/α,β-unsaturated/α-hetero) is 1. The van der Waals surface area contributed by atoms with Gasteiger partial charge in [0, 0.05) is 36.3 Å². The highest BCUT2D eigenvalue weighted by Gasteiger charge is 2.37. The molecule has 0 bridgehead atoms. The predicted molar refractivity (Wildman–Crippen MR) is 132 cm³/mol. The molecule has 0 N–H and O–H groups in total. The summed E-state index contributed by atoms with van der Waals surface area (Å²) < 4.78 is 10.5. The number of hydrogen-bond acceptors (Lipinski definition) is 7. The van der Waals surface area contributed by atoms with Crippen LogP contribution in [0.3, 0.4) is 0 Å². The summed E-state index contributed by atoms with van der Waals surface area (Å²) in [6.07, 6.45) is -0.997. The van der Waals surface area contributed by atoms with Crippen molar-refractivity contribution in [3.8, 4) is 16.9 Å². The number of amides is 1. The third-order valence-corrected chi connectivity index (χ3v) is 6.09. The highest BCUT2D eigenvalue weighted by molar-refractivity contribution is 6.02. The van der Waals surface area contributed by atoms with Gasteiger partial charge >= 0.3 is 5.97 Å². The number of nitro groups is 1. The van der Waals surface area contributed by atoms with Crippen LogP contribution < -0.4 is 9.64 Å². The number of nitro benzene ring substituents is 1. The molecule has 1 heterocycles. The van der Waals surface area contributed by atoms with E-state index in [1.54, 1.807) is 48.5 Å². The van der Waals surface area contributed by atoms with Gasteiger partial charge in [0.1, 0.15) is 5.75 Å². The molecule has 0 aromatic heterocycles. The van der Waals surface area contributed by atoms with Gasteiger partial charge in [0.05, 0.1) is 18.0 Å². The van der Waals surface area contributed by atoms with E-state index < -0.39 is 22.9 Å². The van der Waals surface area contributed by atoms with Crippen LogP contribution in [0.5, 0.6) is 5.75 Å². The number of ketones is 1. The summed E-state index contributed by atoms with van der Waals surface area (Å²) in [6.45, 7) is 1.66. The molecule has 1 aliphatic heterocycles. The molecule has 0 spiro atoms. The van der Waals surface area contributed by atoms with E-state index in [2.05, 4.69) is 0 Å². The Morgan fingerprint density at radius 1 is 0.972 bits per heavy atom. The maximum Gasteiger partial charge on any atom is 0.312 e. The first-order chi connectivity index (χ1) is 17.3. The van der Waals surface area contributed by atoms with Crippen LogP contribution >= 0.6 is 0 Å². The number of benzene rings is 3. The Hall–Kier alpha value is -4.53. The zero-order chi connectivity index (χ0) is 25.8. The topological polar surface area (TPSA) is 116 Å². The van der Waals surface area contributed by atoms with E-state index in [4.69, 9.17) is 9.47 Å². The molecule has 4 rings (SSSR count). The SMILES string of the molecule is COc1ccc(C(=O)[C@H](C)OC(=O)[C@@H]2CC(=O)N(c3ccc(-c4ccc([N+](=O)[O-])cc4)cc3)C2)cc1. The van der Waals surface area contributed by atoms with Crippen LogP contribution in [-0.4, -0.2) is 42.3 Å². The number of hydrogen-bond donors (Lipinski definition) is 0. The smallest absolute Gasteiger partial charge is 0.312 e. The molecule has 1 saturated heterocycles. The number of anilines is 1. The summed E-state index contributed by atoms with van der Waals surface area (Å²) >= 11 is 0. The van der Waals surface area contributed by atoms with Crippen molar-refractivity contribution in [2.45, 2.75) is 19.4 Å². The van der Waals surface area contributed by atoms with Crippen LogP contribution in [-0.2, 0) is 14.3 Å². The molecule has 0 aliphatic carbocycles. The summed E-state index contributed by atoms with van der Waals surface area (Å²) in [5.74, 6) is -1.22. The van der Waals surface area contributed by atoms with Crippen molar-refractivity contribution in [2.24, 2.45) is 5.92 Å². The summed E-state index contributed by atoms with van der Waals surface area (Å²) in [5.41, 5.74) is 2.67. The summed E-state index contributed by atoms with van der Waals surface area (Å²) in [7, 11) is 1.53. The molecule has 0 saturated carbocycles. The minimum atomic E-state index is -0.990. The Morgan fingerprint density at radius 2 is 1.56 bits per heavy atom. The number of methoxy groups -OCH3 is 1. The predicted octanol–water partition coefficient (Wildman–Crippen LogP) is 4.44. The van der Waals surface area contributed by atoms with Crippen molar-refractivity contribution in [1.82, 2.24) is 0 Å². The molecule has 1 aliphatic rings. The van der Waals surface area contributed by atoms with E-state index in [0.717, 1.165) is 11.1 Å². The molecule has 0 unspecified atom stereocenters. The second-order valence-corrected chi connectivity index (χ2v) is 8.43. The third kappa shape index (κ3) is 5.25. The average molecular weight is 488 g/mol. The molecule has 0 radical (unpaired) electrons. The summed E-state index contributed by atoms with van der Waals surface area (Å²) in [5, 5.41) is 10.8. The molecule has 2 atom stereocenters. The molecule has 9 heteroatoms. The minimum absolute atomic E-state index is 0.00756. The summed E-state index contributed by atoms with van der Waals surface area (Å²) in [6, 6.07) is 19.9. The van der Waals surface area contributed by atoms with Crippen molar-refractivity contribution in [3.05, 3.63) is 88.5 Å². The lowest BCUT2D eigenvalue weighted by molar-refractivity contribution is -0.384. The van der Waals surface area contributed by atoms with Gasteiger partial charge < -0.3 is 14.4 Å². The second kappa shape index (κ2) is 10.4. The molecule has 1 amide bonds. The quantitative estimate of drug-likeness (QED) is 0.199. The Labute approximate surface area is 207 Å². The largest absolute Gasteiger partial charge is 0.497 e. The molecule has 9 nitrogen and oxygen atoms in total. The van der Waals surface area contributed by atoms with E-state index >= 15 is 0 Å². The number of carbonyl (C=O) groups excluding carboxylic acids is 3. The van der Waals surface area contributed by atoms with E-state index in [-0.39, 0.29) is 30.3 Å². The molecule has 3 aromatic rings. The molecule has 1 fully saturated rings. The van der Waals surface area contributed by atoms with Gasteiger partial charge in [0.15, 0.2) is 6.10 Å². The van der Waals surface area contributed by atoms with Gasteiger partial charge in [0.25, 0.3) is 5.69 Å². The monoisotopic (exact) mass is 488 g/mol. The number of nitrogens with zero attached hydrogens (tertiary/aromatic N) is 2. The molecule has 184 valence electrons. The van der Waals surface area contributed by atoms with Crippen LogP contribution in [0.4, 0.5) is 11.4 Å². The third-order valence-electron chi connectivity index (χ3n) is 6.09. The van der Waals surface area contributed by atoms with Gasteiger partial charge in [0.2, 0.25) is 11.7 Å². The van der Waals surface area contributed by atoms with Gasteiger partial charge in [-0.05, 0) is 66.6 Å². The molecular weight excluding hydrogens is 464 g/mol. The Balaban J connectivity index is 1.38. The Morgan fingerprint density at radius 3 is 2.11 bits per heavy atom. The fourth-order valence-corrected chi connectivity index (χ4v) is 4.04. The normalized spacial score (nSPS) is 15.9. The number of carbonyl (C=O) groups is 3. The highest BCUT2D eigenvalue weighted by atomic mass is 16.6. The van der Waals surface area contributed by atoms with Crippen LogP contribution in [0.25, 0.3) is 11.1 Å². The molecular formula is C27H24N2O7. The number of ether oxygens (including phenoxy) is 2. The fraction of sp³-hybridized carbons (Fsp3) is 0.222. The van der Waals surface area contributed by atoms with E-state index in [1.165, 1.54) is 31.1 Å². The van der Waals surface area contributed by atoms with Crippen molar-refractivity contribution in [3.63, 3.8) is 0 Å². The van der Waals surface area contributed by atoms with E-state index in [0.29, 0.717) is 17.0 Å². The first kappa shape index (κ1) is 24.6. The Bertz CT molecular complexity index is 1290. The molecule has 3 aromatic carbocycles.